The number of hydrogen-bond donors (Lipinski definition) is 1. The second kappa shape index (κ2) is 7.96. The van der Waals surface area contributed by atoms with E-state index in [1.165, 1.54) is 7.11 Å². The van der Waals surface area contributed by atoms with Crippen LogP contribution in [0.2, 0.25) is 5.02 Å². The molecule has 0 saturated heterocycles. The Morgan fingerprint density at radius 2 is 2.18 bits per heavy atom. The molecule has 0 fully saturated rings. The fourth-order valence-electron chi connectivity index (χ4n) is 1.50. The largest absolute Gasteiger partial charge is 0.469 e. The zero-order valence-corrected chi connectivity index (χ0v) is 10.8. The molecule has 1 rings (SSSR count). The van der Waals surface area contributed by atoms with Gasteiger partial charge in [-0.2, -0.15) is 0 Å². The van der Waals surface area contributed by atoms with Crippen molar-refractivity contribution in [2.24, 2.45) is 0 Å². The molecule has 0 bridgehead atoms. The van der Waals surface area contributed by atoms with E-state index in [1.54, 1.807) is 0 Å². The third-order valence-electron chi connectivity index (χ3n) is 2.44. The topological polar surface area (TPSA) is 38.3 Å². The summed E-state index contributed by atoms with van der Waals surface area (Å²) in [5.74, 6) is -0.132. The van der Waals surface area contributed by atoms with Crippen LogP contribution in [0.3, 0.4) is 0 Å². The van der Waals surface area contributed by atoms with Gasteiger partial charge in [0.05, 0.1) is 7.11 Å². The number of hydrogen-bond acceptors (Lipinski definition) is 3. The van der Waals surface area contributed by atoms with Crippen molar-refractivity contribution in [2.75, 3.05) is 19.0 Å². The summed E-state index contributed by atoms with van der Waals surface area (Å²) in [6.07, 6.45) is 3.43. The third-order valence-corrected chi connectivity index (χ3v) is 2.67. The number of carbonyl (C=O) groups is 1. The van der Waals surface area contributed by atoms with Gasteiger partial charge in [0.25, 0.3) is 0 Å². The van der Waals surface area contributed by atoms with E-state index in [0.29, 0.717) is 6.42 Å². The summed E-state index contributed by atoms with van der Waals surface area (Å²) in [5, 5.41) is 4.02. The van der Waals surface area contributed by atoms with Crippen LogP contribution < -0.4 is 5.32 Å². The van der Waals surface area contributed by atoms with E-state index in [1.807, 2.05) is 24.3 Å². The molecular weight excluding hydrogens is 238 g/mol. The van der Waals surface area contributed by atoms with Gasteiger partial charge in [-0.1, -0.05) is 24.1 Å². The smallest absolute Gasteiger partial charge is 0.305 e. The lowest BCUT2D eigenvalue weighted by Crippen LogP contribution is -2.03. The van der Waals surface area contributed by atoms with E-state index in [9.17, 15) is 4.79 Å². The van der Waals surface area contributed by atoms with Crippen molar-refractivity contribution in [2.45, 2.75) is 25.7 Å². The molecule has 0 spiro atoms. The monoisotopic (exact) mass is 255 g/mol. The maximum Gasteiger partial charge on any atom is 0.305 e. The van der Waals surface area contributed by atoms with Crippen molar-refractivity contribution in [3.63, 3.8) is 0 Å². The van der Waals surface area contributed by atoms with E-state index < -0.39 is 0 Å². The van der Waals surface area contributed by atoms with Crippen LogP contribution in [0.5, 0.6) is 0 Å². The summed E-state index contributed by atoms with van der Waals surface area (Å²) in [7, 11) is 1.42. The van der Waals surface area contributed by atoms with Crippen LogP contribution >= 0.6 is 11.6 Å². The van der Waals surface area contributed by atoms with Crippen molar-refractivity contribution < 1.29 is 9.53 Å². The molecule has 0 saturated carbocycles. The first kappa shape index (κ1) is 13.8. The molecule has 0 unspecified atom stereocenters. The molecule has 0 amide bonds. The first-order chi connectivity index (χ1) is 8.22. The standard InChI is InChI=1S/C13H18ClNO2/c1-17-13(16)8-3-2-4-9-15-12-7-5-6-11(14)10-12/h5-7,10,15H,2-4,8-9H2,1H3. The number of esters is 1. The van der Waals surface area contributed by atoms with Crippen LogP contribution in [-0.2, 0) is 9.53 Å². The number of unbranched alkanes of at least 4 members (excludes halogenated alkanes) is 2. The molecule has 0 aliphatic heterocycles. The average molecular weight is 256 g/mol. The molecule has 0 aromatic heterocycles. The van der Waals surface area contributed by atoms with Crippen molar-refractivity contribution in [1.29, 1.82) is 0 Å². The maximum atomic E-state index is 10.9. The summed E-state index contributed by atoms with van der Waals surface area (Å²) in [4.78, 5) is 10.9. The second-order valence-corrected chi connectivity index (χ2v) is 4.26. The lowest BCUT2D eigenvalue weighted by molar-refractivity contribution is -0.140. The Morgan fingerprint density at radius 1 is 1.35 bits per heavy atom. The van der Waals surface area contributed by atoms with Gasteiger partial charge in [0.1, 0.15) is 0 Å². The number of benzene rings is 1. The Bertz CT molecular complexity index is 355. The molecule has 0 radical (unpaired) electrons. The van der Waals surface area contributed by atoms with Crippen LogP contribution in [0.1, 0.15) is 25.7 Å². The molecule has 3 nitrogen and oxygen atoms in total. The average Bonchev–Trinajstić information content (AvgIpc) is 2.33. The van der Waals surface area contributed by atoms with Gasteiger partial charge < -0.3 is 10.1 Å². The van der Waals surface area contributed by atoms with E-state index >= 15 is 0 Å². The Hall–Kier alpha value is -1.22. The van der Waals surface area contributed by atoms with E-state index in [-0.39, 0.29) is 5.97 Å². The van der Waals surface area contributed by atoms with Gasteiger partial charge >= 0.3 is 5.97 Å². The Balaban J connectivity index is 2.06. The van der Waals surface area contributed by atoms with Crippen molar-refractivity contribution in [3.8, 4) is 0 Å². The van der Waals surface area contributed by atoms with E-state index in [0.717, 1.165) is 36.5 Å². The zero-order valence-electron chi connectivity index (χ0n) is 10.0. The zero-order chi connectivity index (χ0) is 12.5. The summed E-state index contributed by atoms with van der Waals surface area (Å²) in [5.41, 5.74) is 1.03. The highest BCUT2D eigenvalue weighted by Crippen LogP contribution is 2.14. The van der Waals surface area contributed by atoms with Gasteiger partial charge in [-0.15, -0.1) is 0 Å². The molecule has 0 aliphatic carbocycles. The highest BCUT2D eigenvalue weighted by atomic mass is 35.5. The lowest BCUT2D eigenvalue weighted by Gasteiger charge is -2.06. The summed E-state index contributed by atoms with van der Waals surface area (Å²) >= 11 is 5.87. The minimum absolute atomic E-state index is 0.132. The van der Waals surface area contributed by atoms with Crippen LogP contribution in [0, 0.1) is 0 Å². The number of methoxy groups -OCH3 is 1. The quantitative estimate of drug-likeness (QED) is 0.599. The minimum atomic E-state index is -0.132. The number of carbonyl (C=O) groups excluding carboxylic acids is 1. The molecule has 1 aromatic rings. The highest BCUT2D eigenvalue weighted by Gasteiger charge is 1.99. The van der Waals surface area contributed by atoms with Crippen molar-refractivity contribution >= 4 is 23.3 Å². The van der Waals surface area contributed by atoms with Crippen molar-refractivity contribution in [1.82, 2.24) is 0 Å². The molecule has 0 atom stereocenters. The van der Waals surface area contributed by atoms with Gasteiger partial charge in [0.2, 0.25) is 0 Å². The SMILES string of the molecule is COC(=O)CCCCCNc1cccc(Cl)c1. The first-order valence-corrected chi connectivity index (χ1v) is 6.16. The Kier molecular flexibility index (Phi) is 6.48. The Morgan fingerprint density at radius 3 is 2.88 bits per heavy atom. The number of ether oxygens (including phenoxy) is 1. The predicted octanol–water partition coefficient (Wildman–Crippen LogP) is 3.49. The van der Waals surface area contributed by atoms with E-state index in [4.69, 9.17) is 11.6 Å². The van der Waals surface area contributed by atoms with Gasteiger partial charge in [0.15, 0.2) is 0 Å². The van der Waals surface area contributed by atoms with E-state index in [2.05, 4.69) is 10.1 Å². The number of nitrogens with one attached hydrogen (secondary N) is 1. The number of halogens is 1. The molecular formula is C13H18ClNO2. The van der Waals surface area contributed by atoms with Gasteiger partial charge in [-0.3, -0.25) is 4.79 Å². The molecule has 1 aromatic carbocycles. The summed E-state index contributed by atoms with van der Waals surface area (Å²) in [6, 6.07) is 7.65. The molecule has 4 heteroatoms. The van der Waals surface area contributed by atoms with Gasteiger partial charge in [-0.05, 0) is 31.0 Å². The fourth-order valence-corrected chi connectivity index (χ4v) is 1.69. The summed E-state index contributed by atoms with van der Waals surface area (Å²) < 4.78 is 4.57. The van der Waals surface area contributed by atoms with Crippen LogP contribution in [-0.4, -0.2) is 19.6 Å². The fraction of sp³-hybridized carbons (Fsp3) is 0.462. The predicted molar refractivity (Wildman–Crippen MR) is 70.4 cm³/mol. The maximum absolute atomic E-state index is 10.9. The van der Waals surface area contributed by atoms with Crippen LogP contribution in [0.4, 0.5) is 5.69 Å². The van der Waals surface area contributed by atoms with Gasteiger partial charge in [-0.25, -0.2) is 0 Å². The highest BCUT2D eigenvalue weighted by molar-refractivity contribution is 6.30. The molecule has 0 heterocycles. The number of anilines is 1. The first-order valence-electron chi connectivity index (χ1n) is 5.78. The number of rotatable bonds is 7. The van der Waals surface area contributed by atoms with Crippen LogP contribution in [0.15, 0.2) is 24.3 Å². The Labute approximate surface area is 107 Å². The minimum Gasteiger partial charge on any atom is -0.469 e. The van der Waals surface area contributed by atoms with Gasteiger partial charge in [0, 0.05) is 23.7 Å². The lowest BCUT2D eigenvalue weighted by atomic mass is 10.2. The molecule has 94 valence electrons. The second-order valence-electron chi connectivity index (χ2n) is 3.82. The molecule has 1 N–H and O–H groups in total. The van der Waals surface area contributed by atoms with Crippen molar-refractivity contribution in [3.05, 3.63) is 29.3 Å². The molecule has 0 aliphatic rings. The summed E-state index contributed by atoms with van der Waals surface area (Å²) in [6.45, 7) is 0.890. The molecule has 17 heavy (non-hydrogen) atoms. The normalized spacial score (nSPS) is 10.0. The third kappa shape index (κ3) is 6.17. The van der Waals surface area contributed by atoms with Crippen LogP contribution in [0.25, 0.3) is 0 Å².